The third-order valence-corrected chi connectivity index (χ3v) is 5.79. The lowest BCUT2D eigenvalue weighted by Gasteiger charge is -2.36. The van der Waals surface area contributed by atoms with Gasteiger partial charge in [-0.25, -0.2) is 8.42 Å². The van der Waals surface area contributed by atoms with Gasteiger partial charge in [0.15, 0.2) is 9.84 Å². The molecule has 1 aliphatic rings. The number of morpholine rings is 1. The second kappa shape index (κ2) is 5.24. The molecule has 1 amide bonds. The topological polar surface area (TPSA) is 63.7 Å². The van der Waals surface area contributed by atoms with Crippen LogP contribution in [0.25, 0.3) is 0 Å². The van der Waals surface area contributed by atoms with Crippen molar-refractivity contribution in [1.29, 1.82) is 0 Å². The van der Waals surface area contributed by atoms with Crippen molar-refractivity contribution in [3.05, 3.63) is 0 Å². The molecule has 0 radical (unpaired) electrons. The molecule has 0 N–H and O–H groups in total. The van der Waals surface area contributed by atoms with Gasteiger partial charge < -0.3 is 9.64 Å². The van der Waals surface area contributed by atoms with Crippen molar-refractivity contribution in [1.82, 2.24) is 4.90 Å². The third-order valence-electron chi connectivity index (χ3n) is 3.04. The SMILES string of the molecule is CC(C)(C(=O)N1CCOC(CBr)C1)S(C)(=O)=O. The number of amides is 1. The van der Waals surface area contributed by atoms with Crippen LogP contribution >= 0.6 is 15.9 Å². The Morgan fingerprint density at radius 1 is 1.53 bits per heavy atom. The molecule has 0 aromatic heterocycles. The summed E-state index contributed by atoms with van der Waals surface area (Å²) < 4.78 is 27.2. The molecular formula is C10H18BrNO4S. The highest BCUT2D eigenvalue weighted by Gasteiger charge is 2.42. The Balaban J connectivity index is 2.83. The fourth-order valence-corrected chi connectivity index (χ4v) is 2.37. The number of alkyl halides is 1. The van der Waals surface area contributed by atoms with E-state index in [9.17, 15) is 13.2 Å². The largest absolute Gasteiger partial charge is 0.374 e. The Bertz CT molecular complexity index is 393. The third kappa shape index (κ3) is 3.20. The molecule has 17 heavy (non-hydrogen) atoms. The van der Waals surface area contributed by atoms with Gasteiger partial charge in [0, 0.05) is 24.7 Å². The fourth-order valence-electron chi connectivity index (χ4n) is 1.54. The van der Waals surface area contributed by atoms with Gasteiger partial charge in [-0.05, 0) is 13.8 Å². The summed E-state index contributed by atoms with van der Waals surface area (Å²) in [6.07, 6.45) is 1.02. The molecule has 1 rings (SSSR count). The van der Waals surface area contributed by atoms with Crippen molar-refractivity contribution >= 4 is 31.7 Å². The molecule has 0 aromatic carbocycles. The molecule has 0 aromatic rings. The van der Waals surface area contributed by atoms with Gasteiger partial charge in [0.1, 0.15) is 4.75 Å². The molecule has 0 bridgehead atoms. The zero-order valence-electron chi connectivity index (χ0n) is 10.3. The molecule has 0 spiro atoms. The Kier molecular flexibility index (Phi) is 4.60. The van der Waals surface area contributed by atoms with Gasteiger partial charge in [-0.1, -0.05) is 15.9 Å². The average molecular weight is 328 g/mol. The molecule has 1 atom stereocenters. The van der Waals surface area contributed by atoms with Crippen LogP contribution in [-0.4, -0.2) is 61.4 Å². The summed E-state index contributed by atoms with van der Waals surface area (Å²) in [5.74, 6) is -0.353. The molecule has 5 nitrogen and oxygen atoms in total. The van der Waals surface area contributed by atoms with Crippen LogP contribution in [0.1, 0.15) is 13.8 Å². The van der Waals surface area contributed by atoms with Crippen LogP contribution in [0.3, 0.4) is 0 Å². The molecule has 1 saturated heterocycles. The zero-order valence-corrected chi connectivity index (χ0v) is 12.7. The molecule has 1 unspecified atom stereocenters. The molecule has 100 valence electrons. The number of hydrogen-bond donors (Lipinski definition) is 0. The van der Waals surface area contributed by atoms with E-state index in [1.165, 1.54) is 13.8 Å². The lowest BCUT2D eigenvalue weighted by atomic mass is 10.1. The number of rotatable bonds is 3. The molecule has 0 aliphatic carbocycles. The number of nitrogens with zero attached hydrogens (tertiary/aromatic N) is 1. The normalized spacial score (nSPS) is 22.6. The Hall–Kier alpha value is -0.140. The van der Waals surface area contributed by atoms with E-state index in [-0.39, 0.29) is 12.0 Å². The fraction of sp³-hybridized carbons (Fsp3) is 0.900. The second-order valence-corrected chi connectivity index (χ2v) is 7.89. The van der Waals surface area contributed by atoms with Gasteiger partial charge >= 0.3 is 0 Å². The minimum Gasteiger partial charge on any atom is -0.374 e. The number of sulfone groups is 1. The van der Waals surface area contributed by atoms with Crippen LogP contribution in [0.4, 0.5) is 0 Å². The molecule has 1 fully saturated rings. The lowest BCUT2D eigenvalue weighted by Crippen LogP contribution is -2.55. The van der Waals surface area contributed by atoms with Crippen molar-refractivity contribution in [2.75, 3.05) is 31.3 Å². The van der Waals surface area contributed by atoms with E-state index >= 15 is 0 Å². The average Bonchev–Trinajstić information content (AvgIpc) is 2.26. The summed E-state index contributed by atoms with van der Waals surface area (Å²) >= 11 is 3.30. The maximum absolute atomic E-state index is 12.2. The molecule has 7 heteroatoms. The van der Waals surface area contributed by atoms with Crippen LogP contribution in [-0.2, 0) is 19.4 Å². The van der Waals surface area contributed by atoms with Gasteiger partial charge in [0.25, 0.3) is 0 Å². The van der Waals surface area contributed by atoms with Crippen LogP contribution in [0.2, 0.25) is 0 Å². The summed E-state index contributed by atoms with van der Waals surface area (Å²) in [6, 6.07) is 0. The van der Waals surface area contributed by atoms with Crippen LogP contribution in [0, 0.1) is 0 Å². The van der Waals surface area contributed by atoms with E-state index in [1.807, 2.05) is 0 Å². The lowest BCUT2D eigenvalue weighted by molar-refractivity contribution is -0.139. The standard InChI is InChI=1S/C10H18BrNO4S/c1-10(2,17(3,14)15)9(13)12-4-5-16-8(6-11)7-12/h8H,4-7H2,1-3H3. The van der Waals surface area contributed by atoms with Crippen molar-refractivity contribution in [2.45, 2.75) is 24.7 Å². The van der Waals surface area contributed by atoms with E-state index < -0.39 is 14.6 Å². The Morgan fingerprint density at radius 2 is 2.12 bits per heavy atom. The molecule has 0 saturated carbocycles. The van der Waals surface area contributed by atoms with Gasteiger partial charge in [-0.3, -0.25) is 4.79 Å². The summed E-state index contributed by atoms with van der Waals surface area (Å²) in [7, 11) is -3.42. The second-order valence-electron chi connectivity index (χ2n) is 4.68. The smallest absolute Gasteiger partial charge is 0.243 e. The van der Waals surface area contributed by atoms with Crippen LogP contribution < -0.4 is 0 Å². The highest BCUT2D eigenvalue weighted by atomic mass is 79.9. The molecule has 1 heterocycles. The first-order chi connectivity index (χ1) is 7.70. The predicted molar refractivity (Wildman–Crippen MR) is 69.0 cm³/mol. The Labute approximate surface area is 111 Å². The van der Waals surface area contributed by atoms with E-state index in [0.29, 0.717) is 25.0 Å². The Morgan fingerprint density at radius 3 is 2.59 bits per heavy atom. The van der Waals surface area contributed by atoms with E-state index in [0.717, 1.165) is 6.26 Å². The van der Waals surface area contributed by atoms with E-state index in [2.05, 4.69) is 15.9 Å². The first kappa shape index (κ1) is 14.9. The van der Waals surface area contributed by atoms with Gasteiger partial charge in [0.2, 0.25) is 5.91 Å². The summed E-state index contributed by atoms with van der Waals surface area (Å²) in [5.41, 5.74) is 0. The molecule has 1 aliphatic heterocycles. The monoisotopic (exact) mass is 327 g/mol. The first-order valence-corrected chi connectivity index (χ1v) is 8.38. The number of carbonyl (C=O) groups is 1. The summed E-state index contributed by atoms with van der Waals surface area (Å²) in [6.45, 7) is 4.22. The maximum Gasteiger partial charge on any atom is 0.243 e. The van der Waals surface area contributed by atoms with Crippen molar-refractivity contribution in [3.63, 3.8) is 0 Å². The number of ether oxygens (including phenoxy) is 1. The van der Waals surface area contributed by atoms with Crippen molar-refractivity contribution < 1.29 is 17.9 Å². The van der Waals surface area contributed by atoms with E-state index in [1.54, 1.807) is 4.90 Å². The van der Waals surface area contributed by atoms with Gasteiger partial charge in [0.05, 0.1) is 12.7 Å². The van der Waals surface area contributed by atoms with Crippen molar-refractivity contribution in [3.8, 4) is 0 Å². The quantitative estimate of drug-likeness (QED) is 0.705. The predicted octanol–water partition coefficient (Wildman–Crippen LogP) is 0.432. The van der Waals surface area contributed by atoms with Crippen molar-refractivity contribution in [2.24, 2.45) is 0 Å². The number of carbonyl (C=O) groups excluding carboxylic acids is 1. The van der Waals surface area contributed by atoms with Gasteiger partial charge in [-0.2, -0.15) is 0 Å². The summed E-state index contributed by atoms with van der Waals surface area (Å²) in [4.78, 5) is 13.8. The minimum absolute atomic E-state index is 0.0666. The maximum atomic E-state index is 12.2. The highest BCUT2D eigenvalue weighted by molar-refractivity contribution is 9.09. The number of halogens is 1. The van der Waals surface area contributed by atoms with E-state index in [4.69, 9.17) is 4.74 Å². The highest BCUT2D eigenvalue weighted by Crippen LogP contribution is 2.20. The van der Waals surface area contributed by atoms with Gasteiger partial charge in [-0.15, -0.1) is 0 Å². The van der Waals surface area contributed by atoms with Crippen LogP contribution in [0.5, 0.6) is 0 Å². The van der Waals surface area contributed by atoms with Crippen LogP contribution in [0.15, 0.2) is 0 Å². The minimum atomic E-state index is -3.42. The zero-order chi connectivity index (χ0) is 13.3. The first-order valence-electron chi connectivity index (χ1n) is 5.36. The summed E-state index contributed by atoms with van der Waals surface area (Å²) in [5, 5.41) is 0.635. The number of hydrogen-bond acceptors (Lipinski definition) is 4. The molecular weight excluding hydrogens is 310 g/mol.